The fourth-order valence-electron chi connectivity index (χ4n) is 2.59. The smallest absolute Gasteiger partial charge is 0.271 e. The lowest BCUT2D eigenvalue weighted by atomic mass is 10.2. The molecule has 0 atom stereocenters. The van der Waals surface area contributed by atoms with E-state index in [1.54, 1.807) is 62.0 Å². The van der Waals surface area contributed by atoms with Crippen LogP contribution in [0.25, 0.3) is 17.4 Å². The molecule has 0 saturated carbocycles. The number of rotatable bonds is 4. The summed E-state index contributed by atoms with van der Waals surface area (Å²) in [6, 6.07) is 10.6. The topological polar surface area (TPSA) is 92.3 Å². The molecule has 2 aromatic heterocycles. The predicted molar refractivity (Wildman–Crippen MR) is 104 cm³/mol. The first-order chi connectivity index (χ1) is 13.2. The van der Waals surface area contributed by atoms with Gasteiger partial charge in [0.15, 0.2) is 5.17 Å². The van der Waals surface area contributed by atoms with Gasteiger partial charge in [-0.1, -0.05) is 0 Å². The number of aromatic nitrogens is 2. The summed E-state index contributed by atoms with van der Waals surface area (Å²) in [5.74, 6) is 1.55. The standard InChI is InChI=1S/C19H14N4O3S/c1-25-14-4-2-13(3-5-14)23-18(24)17(27-19(23)20)8-15-6-7-16(26-15)12-9-21-11-22-10-12/h2-11,20H,1H3/b17-8-,20-19?. The minimum atomic E-state index is -0.267. The number of nitrogens with one attached hydrogen (secondary N) is 1. The Balaban J connectivity index is 1.59. The van der Waals surface area contributed by atoms with Gasteiger partial charge >= 0.3 is 0 Å². The van der Waals surface area contributed by atoms with E-state index in [1.807, 2.05) is 0 Å². The van der Waals surface area contributed by atoms with Crippen LogP contribution in [0.3, 0.4) is 0 Å². The van der Waals surface area contributed by atoms with E-state index < -0.39 is 0 Å². The molecule has 3 aromatic rings. The summed E-state index contributed by atoms with van der Waals surface area (Å²) in [5, 5.41) is 8.30. The van der Waals surface area contributed by atoms with Crippen LogP contribution in [0.1, 0.15) is 5.76 Å². The minimum Gasteiger partial charge on any atom is -0.497 e. The Morgan fingerprint density at radius 2 is 1.89 bits per heavy atom. The van der Waals surface area contributed by atoms with Crippen LogP contribution in [-0.4, -0.2) is 28.2 Å². The highest BCUT2D eigenvalue weighted by molar-refractivity contribution is 8.19. The molecule has 0 bridgehead atoms. The van der Waals surface area contributed by atoms with Gasteiger partial charge in [0, 0.05) is 18.5 Å². The lowest BCUT2D eigenvalue weighted by Crippen LogP contribution is -2.27. The van der Waals surface area contributed by atoms with Gasteiger partial charge in [0.2, 0.25) is 0 Å². The number of hydrogen-bond acceptors (Lipinski definition) is 7. The van der Waals surface area contributed by atoms with Crippen LogP contribution in [0.2, 0.25) is 0 Å². The lowest BCUT2D eigenvalue weighted by molar-refractivity contribution is -0.113. The van der Waals surface area contributed by atoms with Crippen molar-refractivity contribution in [2.75, 3.05) is 12.0 Å². The van der Waals surface area contributed by atoms with Crippen LogP contribution in [-0.2, 0) is 4.79 Å². The number of carbonyl (C=O) groups excluding carboxylic acids is 1. The van der Waals surface area contributed by atoms with Gasteiger partial charge in [-0.2, -0.15) is 0 Å². The van der Waals surface area contributed by atoms with Crippen LogP contribution in [0.15, 0.2) is 64.4 Å². The Morgan fingerprint density at radius 3 is 2.59 bits per heavy atom. The van der Waals surface area contributed by atoms with E-state index in [1.165, 1.54) is 11.2 Å². The molecule has 1 aliphatic heterocycles. The number of methoxy groups -OCH3 is 1. The van der Waals surface area contributed by atoms with Gasteiger partial charge < -0.3 is 9.15 Å². The number of amides is 1. The number of benzene rings is 1. The fourth-order valence-corrected chi connectivity index (χ4v) is 3.44. The molecular weight excluding hydrogens is 364 g/mol. The first-order valence-corrected chi connectivity index (χ1v) is 8.79. The molecule has 0 aliphatic carbocycles. The lowest BCUT2D eigenvalue weighted by Gasteiger charge is -2.14. The first-order valence-electron chi connectivity index (χ1n) is 7.97. The van der Waals surface area contributed by atoms with Crippen LogP contribution >= 0.6 is 11.8 Å². The predicted octanol–water partition coefficient (Wildman–Crippen LogP) is 3.80. The second-order valence-electron chi connectivity index (χ2n) is 5.58. The number of anilines is 1. The van der Waals surface area contributed by atoms with Gasteiger partial charge in [0.1, 0.15) is 23.6 Å². The number of ether oxygens (including phenoxy) is 1. The average molecular weight is 378 g/mol. The average Bonchev–Trinajstić information content (AvgIpc) is 3.27. The monoisotopic (exact) mass is 378 g/mol. The van der Waals surface area contributed by atoms with Crippen molar-refractivity contribution in [3.63, 3.8) is 0 Å². The van der Waals surface area contributed by atoms with E-state index in [0.29, 0.717) is 27.9 Å². The molecule has 3 heterocycles. The maximum absolute atomic E-state index is 12.8. The Labute approximate surface area is 159 Å². The molecule has 27 heavy (non-hydrogen) atoms. The Kier molecular flexibility index (Phi) is 4.47. The number of hydrogen-bond donors (Lipinski definition) is 1. The molecule has 0 spiro atoms. The molecule has 1 fully saturated rings. The van der Waals surface area contributed by atoms with Gasteiger partial charge in [-0.3, -0.25) is 15.1 Å². The SMILES string of the molecule is COc1ccc(N2C(=N)S/C(=C\c3ccc(-c4cncnc4)o3)C2=O)cc1. The van der Waals surface area contributed by atoms with Gasteiger partial charge in [-0.25, -0.2) is 9.97 Å². The van der Waals surface area contributed by atoms with Gasteiger partial charge in [0.25, 0.3) is 5.91 Å². The molecule has 1 aromatic carbocycles. The van der Waals surface area contributed by atoms with Crippen LogP contribution in [0.4, 0.5) is 5.69 Å². The molecule has 1 aliphatic rings. The first kappa shape index (κ1) is 17.0. The summed E-state index contributed by atoms with van der Waals surface area (Å²) in [5.41, 5.74) is 1.36. The summed E-state index contributed by atoms with van der Waals surface area (Å²) >= 11 is 1.09. The zero-order chi connectivity index (χ0) is 18.8. The normalized spacial score (nSPS) is 15.6. The highest BCUT2D eigenvalue weighted by atomic mass is 32.2. The second kappa shape index (κ2) is 7.08. The number of furan rings is 1. The van der Waals surface area contributed by atoms with Crippen molar-refractivity contribution in [2.24, 2.45) is 0 Å². The van der Waals surface area contributed by atoms with E-state index in [0.717, 1.165) is 17.3 Å². The molecule has 7 nitrogen and oxygen atoms in total. The molecular formula is C19H14N4O3S. The Hall–Kier alpha value is -3.39. The summed E-state index contributed by atoms with van der Waals surface area (Å²) in [6.45, 7) is 0. The maximum Gasteiger partial charge on any atom is 0.271 e. The van der Waals surface area contributed by atoms with E-state index in [2.05, 4.69) is 9.97 Å². The van der Waals surface area contributed by atoms with E-state index in [9.17, 15) is 4.79 Å². The van der Waals surface area contributed by atoms with Crippen LogP contribution in [0.5, 0.6) is 5.75 Å². The van der Waals surface area contributed by atoms with Crippen molar-refractivity contribution in [1.82, 2.24) is 9.97 Å². The van der Waals surface area contributed by atoms with Gasteiger partial charge in [0.05, 0.1) is 23.3 Å². The maximum atomic E-state index is 12.8. The summed E-state index contributed by atoms with van der Waals surface area (Å²) in [7, 11) is 1.58. The molecule has 134 valence electrons. The van der Waals surface area contributed by atoms with E-state index in [-0.39, 0.29) is 11.1 Å². The zero-order valence-corrected chi connectivity index (χ0v) is 15.1. The van der Waals surface area contributed by atoms with Crippen molar-refractivity contribution >= 4 is 34.6 Å². The van der Waals surface area contributed by atoms with Crippen LogP contribution in [0, 0.1) is 5.41 Å². The third-order valence-corrected chi connectivity index (χ3v) is 4.79. The fraction of sp³-hybridized carbons (Fsp3) is 0.0526. The van der Waals surface area contributed by atoms with Gasteiger partial charge in [-0.15, -0.1) is 0 Å². The second-order valence-corrected chi connectivity index (χ2v) is 6.61. The molecule has 0 radical (unpaired) electrons. The highest BCUT2D eigenvalue weighted by Crippen LogP contribution is 2.36. The van der Waals surface area contributed by atoms with E-state index in [4.69, 9.17) is 14.6 Å². The van der Waals surface area contributed by atoms with Crippen molar-refractivity contribution in [3.05, 3.63) is 65.8 Å². The minimum absolute atomic E-state index is 0.139. The van der Waals surface area contributed by atoms with E-state index >= 15 is 0 Å². The summed E-state index contributed by atoms with van der Waals surface area (Å²) in [6.07, 6.45) is 6.39. The molecule has 1 amide bonds. The molecule has 8 heteroatoms. The van der Waals surface area contributed by atoms with Crippen molar-refractivity contribution in [3.8, 4) is 17.1 Å². The number of carbonyl (C=O) groups is 1. The van der Waals surface area contributed by atoms with Crippen molar-refractivity contribution in [2.45, 2.75) is 0 Å². The Morgan fingerprint density at radius 1 is 1.15 bits per heavy atom. The third-order valence-electron chi connectivity index (χ3n) is 3.90. The largest absolute Gasteiger partial charge is 0.497 e. The summed E-state index contributed by atoms with van der Waals surface area (Å²) < 4.78 is 10.9. The molecule has 0 unspecified atom stereocenters. The molecule has 1 saturated heterocycles. The van der Waals surface area contributed by atoms with Gasteiger partial charge in [-0.05, 0) is 48.2 Å². The zero-order valence-electron chi connectivity index (χ0n) is 14.2. The quantitative estimate of drug-likeness (QED) is 0.694. The van der Waals surface area contributed by atoms with Crippen molar-refractivity contribution < 1.29 is 13.9 Å². The third kappa shape index (κ3) is 3.34. The molecule has 4 rings (SSSR count). The number of nitrogens with zero attached hydrogens (tertiary/aromatic N) is 3. The highest BCUT2D eigenvalue weighted by Gasteiger charge is 2.33. The number of amidine groups is 1. The summed E-state index contributed by atoms with van der Waals surface area (Å²) in [4.78, 5) is 22.5. The molecule has 1 N–H and O–H groups in total. The number of thioether (sulfide) groups is 1. The van der Waals surface area contributed by atoms with Crippen LogP contribution < -0.4 is 9.64 Å². The Bertz CT molecular complexity index is 1030. The van der Waals surface area contributed by atoms with Crippen molar-refractivity contribution in [1.29, 1.82) is 5.41 Å².